The Morgan fingerprint density at radius 1 is 0.971 bits per heavy atom. The van der Waals surface area contributed by atoms with Crippen molar-refractivity contribution in [1.82, 2.24) is 19.5 Å². The van der Waals surface area contributed by atoms with Crippen molar-refractivity contribution < 1.29 is 35.5 Å². The minimum atomic E-state index is -5.66. The van der Waals surface area contributed by atoms with E-state index in [1.54, 1.807) is 0 Å². The summed E-state index contributed by atoms with van der Waals surface area (Å²) < 4.78 is 100. The molecule has 13 heteroatoms. The van der Waals surface area contributed by atoms with E-state index in [0.717, 1.165) is 25.0 Å². The molecular weight excluding hydrogens is 483 g/mol. The summed E-state index contributed by atoms with van der Waals surface area (Å²) in [6.45, 7) is 1.66. The largest absolute Gasteiger partial charge is 0.418 e. The highest BCUT2D eigenvalue weighted by molar-refractivity contribution is 5.77. The van der Waals surface area contributed by atoms with Gasteiger partial charge in [0.2, 0.25) is 12.0 Å². The Balaban J connectivity index is 1.78. The van der Waals surface area contributed by atoms with Gasteiger partial charge in [-0.1, -0.05) is 0 Å². The van der Waals surface area contributed by atoms with Crippen LogP contribution in [0.5, 0.6) is 0 Å². The maximum Gasteiger partial charge on any atom is 0.418 e. The van der Waals surface area contributed by atoms with E-state index in [4.69, 9.17) is 4.74 Å². The van der Waals surface area contributed by atoms with Crippen LogP contribution < -0.4 is 5.32 Å². The van der Waals surface area contributed by atoms with Crippen molar-refractivity contribution in [3.05, 3.63) is 48.7 Å². The lowest BCUT2D eigenvalue weighted by atomic mass is 10.0. The number of halogens is 7. The summed E-state index contributed by atoms with van der Waals surface area (Å²) in [5.74, 6) is -0.321. The van der Waals surface area contributed by atoms with Crippen LogP contribution in [-0.4, -0.2) is 51.6 Å². The highest BCUT2D eigenvalue weighted by Crippen LogP contribution is 2.46. The summed E-state index contributed by atoms with van der Waals surface area (Å²) in [5.41, 5.74) is -0.811. The Kier molecular flexibility index (Phi) is 6.97. The molecule has 0 unspecified atom stereocenters. The van der Waals surface area contributed by atoms with Gasteiger partial charge in [-0.05, 0) is 49.1 Å². The predicted octanol–water partition coefficient (Wildman–Crippen LogP) is 5.65. The third-order valence-corrected chi connectivity index (χ3v) is 5.60. The average Bonchev–Trinajstić information content (AvgIpc) is 3.21. The predicted molar refractivity (Wildman–Crippen MR) is 112 cm³/mol. The van der Waals surface area contributed by atoms with Crippen LogP contribution in [0.25, 0.3) is 22.6 Å². The van der Waals surface area contributed by atoms with Gasteiger partial charge < -0.3 is 14.6 Å². The van der Waals surface area contributed by atoms with E-state index in [9.17, 15) is 30.7 Å². The molecule has 0 saturated carbocycles. The zero-order chi connectivity index (χ0) is 25.2. The second kappa shape index (κ2) is 9.80. The number of imidazole rings is 1. The zero-order valence-electron chi connectivity index (χ0n) is 18.1. The molecule has 0 bridgehead atoms. The van der Waals surface area contributed by atoms with E-state index >= 15 is 0 Å². The first-order chi connectivity index (χ1) is 16.5. The van der Waals surface area contributed by atoms with Gasteiger partial charge in [-0.15, -0.1) is 0 Å². The fraction of sp³-hybridized carbons (Fsp3) is 0.409. The second-order valence-corrected chi connectivity index (χ2v) is 8.04. The van der Waals surface area contributed by atoms with Crippen molar-refractivity contribution in [1.29, 1.82) is 0 Å². The first-order valence-corrected chi connectivity index (χ1v) is 10.7. The molecule has 1 aliphatic heterocycles. The molecule has 188 valence electrons. The van der Waals surface area contributed by atoms with Crippen molar-refractivity contribution >= 4 is 5.95 Å². The average molecular weight is 503 g/mol. The van der Waals surface area contributed by atoms with Crippen molar-refractivity contribution in [3.8, 4) is 22.6 Å². The maximum absolute atomic E-state index is 13.6. The molecule has 1 saturated heterocycles. The molecular formula is C22H20F7N5O. The molecule has 1 fully saturated rings. The van der Waals surface area contributed by atoms with Gasteiger partial charge in [0.1, 0.15) is 5.82 Å². The standard InChI is InChI=1S/C22H20F7N5O/c23-15-3-1-14(2-4-15)17-18(34(12-32-17)19(21(24,25)26)22(27,28)29)16-5-8-30-20(33-16)31-11-13-6-9-35-10-7-13/h1-5,8,12-13,19H,6-7,9-11H2,(H,30,31,33). The first-order valence-electron chi connectivity index (χ1n) is 10.7. The van der Waals surface area contributed by atoms with Crippen LogP contribution in [0.3, 0.4) is 0 Å². The molecule has 1 aliphatic rings. The first kappa shape index (κ1) is 24.9. The van der Waals surface area contributed by atoms with Crippen LogP contribution >= 0.6 is 0 Å². The molecule has 0 spiro atoms. The summed E-state index contributed by atoms with van der Waals surface area (Å²) >= 11 is 0. The summed E-state index contributed by atoms with van der Waals surface area (Å²) in [6.07, 6.45) is -8.02. The molecule has 0 aliphatic carbocycles. The third kappa shape index (κ3) is 5.72. The Bertz CT molecular complexity index is 1120. The van der Waals surface area contributed by atoms with Crippen molar-refractivity contribution in [2.24, 2.45) is 5.92 Å². The van der Waals surface area contributed by atoms with E-state index < -0.39 is 29.9 Å². The minimum Gasteiger partial charge on any atom is -0.381 e. The lowest BCUT2D eigenvalue weighted by Crippen LogP contribution is -2.38. The monoisotopic (exact) mass is 503 g/mol. The molecule has 0 atom stereocenters. The van der Waals surface area contributed by atoms with Crippen LogP contribution in [0.2, 0.25) is 0 Å². The van der Waals surface area contributed by atoms with Gasteiger partial charge in [-0.3, -0.25) is 0 Å². The van der Waals surface area contributed by atoms with E-state index in [0.29, 0.717) is 26.1 Å². The zero-order valence-corrected chi connectivity index (χ0v) is 18.1. The van der Waals surface area contributed by atoms with Gasteiger partial charge in [0.05, 0.1) is 23.4 Å². The number of rotatable bonds is 6. The Labute approximate surface area is 195 Å². The highest BCUT2D eigenvalue weighted by atomic mass is 19.4. The lowest BCUT2D eigenvalue weighted by Gasteiger charge is -2.26. The summed E-state index contributed by atoms with van der Waals surface area (Å²) in [6, 6.07) is 1.83. The number of anilines is 1. The number of hydrogen-bond acceptors (Lipinski definition) is 5. The number of ether oxygens (including phenoxy) is 1. The second-order valence-electron chi connectivity index (χ2n) is 8.04. The number of nitrogens with zero attached hydrogens (tertiary/aromatic N) is 4. The fourth-order valence-corrected chi connectivity index (χ4v) is 3.89. The fourth-order valence-electron chi connectivity index (χ4n) is 3.89. The third-order valence-electron chi connectivity index (χ3n) is 5.60. The molecule has 1 N–H and O–H groups in total. The maximum atomic E-state index is 13.6. The normalized spacial score (nSPS) is 15.5. The number of benzene rings is 1. The molecule has 1 aromatic carbocycles. The van der Waals surface area contributed by atoms with Crippen LogP contribution in [-0.2, 0) is 4.74 Å². The summed E-state index contributed by atoms with van der Waals surface area (Å²) in [5, 5.41) is 2.99. The molecule has 2 aromatic heterocycles. The number of hydrogen-bond donors (Lipinski definition) is 1. The molecule has 6 nitrogen and oxygen atoms in total. The Morgan fingerprint density at radius 3 is 2.26 bits per heavy atom. The van der Waals surface area contributed by atoms with Gasteiger partial charge in [0.25, 0.3) is 0 Å². The van der Waals surface area contributed by atoms with E-state index in [-0.39, 0.29) is 33.4 Å². The molecule has 0 radical (unpaired) electrons. The molecule has 3 aromatic rings. The van der Waals surface area contributed by atoms with E-state index in [2.05, 4.69) is 20.3 Å². The van der Waals surface area contributed by atoms with Crippen LogP contribution in [0.4, 0.5) is 36.7 Å². The molecule has 4 rings (SSSR count). The van der Waals surface area contributed by atoms with E-state index in [1.807, 2.05) is 0 Å². The van der Waals surface area contributed by atoms with Gasteiger partial charge in [-0.25, -0.2) is 19.3 Å². The van der Waals surface area contributed by atoms with Crippen molar-refractivity contribution in [2.75, 3.05) is 25.1 Å². The van der Waals surface area contributed by atoms with Gasteiger partial charge in [0.15, 0.2) is 0 Å². The number of aromatic nitrogens is 4. The molecule has 3 heterocycles. The molecule has 35 heavy (non-hydrogen) atoms. The highest BCUT2D eigenvalue weighted by Gasteiger charge is 2.58. The SMILES string of the molecule is Fc1ccc(-c2ncn(C(C(F)(F)F)C(F)(F)F)c2-c2ccnc(NCC3CCOCC3)n2)cc1. The smallest absolute Gasteiger partial charge is 0.381 e. The number of alkyl halides is 6. The van der Waals surface area contributed by atoms with Crippen molar-refractivity contribution in [2.45, 2.75) is 31.2 Å². The quantitative estimate of drug-likeness (QED) is 0.441. The Hall–Kier alpha value is -3.22. The van der Waals surface area contributed by atoms with Crippen LogP contribution in [0.15, 0.2) is 42.9 Å². The molecule has 0 amide bonds. The van der Waals surface area contributed by atoms with Crippen LogP contribution in [0.1, 0.15) is 18.9 Å². The van der Waals surface area contributed by atoms with Gasteiger partial charge >= 0.3 is 12.4 Å². The Morgan fingerprint density at radius 2 is 1.63 bits per heavy atom. The summed E-state index contributed by atoms with van der Waals surface area (Å²) in [4.78, 5) is 12.1. The van der Waals surface area contributed by atoms with E-state index in [1.165, 1.54) is 24.4 Å². The lowest BCUT2D eigenvalue weighted by molar-refractivity contribution is -0.273. The minimum absolute atomic E-state index is 0.00325. The summed E-state index contributed by atoms with van der Waals surface area (Å²) in [7, 11) is 0. The van der Waals surface area contributed by atoms with Gasteiger partial charge in [0, 0.05) is 31.5 Å². The topological polar surface area (TPSA) is 64.9 Å². The van der Waals surface area contributed by atoms with Crippen molar-refractivity contribution in [3.63, 3.8) is 0 Å². The van der Waals surface area contributed by atoms with Gasteiger partial charge in [-0.2, -0.15) is 26.3 Å². The number of nitrogens with one attached hydrogen (secondary N) is 1. The van der Waals surface area contributed by atoms with Crippen LogP contribution in [0, 0.1) is 11.7 Å².